The van der Waals surface area contributed by atoms with Crippen LogP contribution in [0.2, 0.25) is 0 Å². The molecule has 0 aliphatic rings. The third kappa shape index (κ3) is 12.2. The number of nitrogens with zero attached hydrogens (tertiary/aromatic N) is 1. The van der Waals surface area contributed by atoms with E-state index in [4.69, 9.17) is 31.5 Å². The normalized spacial score (nSPS) is 13.4. The first kappa shape index (κ1) is 23.2. The Balaban J connectivity index is 0.000000504. The average molecular weight is 381 g/mol. The largest absolute Gasteiger partial charge is 0.480 e. The van der Waals surface area contributed by atoms with Gasteiger partial charge in [-0.2, -0.15) is 0 Å². The van der Waals surface area contributed by atoms with E-state index >= 15 is 0 Å². The first-order chi connectivity index (χ1) is 11.6. The van der Waals surface area contributed by atoms with Gasteiger partial charge in [-0.25, -0.2) is 14.6 Å². The molecule has 2 unspecified atom stereocenters. The molecule has 1 aromatic heterocycles. The smallest absolute Gasteiger partial charge is 0.401 e. The van der Waals surface area contributed by atoms with Gasteiger partial charge >= 0.3 is 19.7 Å². The first-order valence-corrected chi connectivity index (χ1v) is 8.90. The summed E-state index contributed by atoms with van der Waals surface area (Å²) < 4.78 is 10.6. The second-order valence-corrected chi connectivity index (χ2v) is 6.40. The molecule has 0 amide bonds. The second kappa shape index (κ2) is 11.7. The molecule has 13 heteroatoms. The van der Waals surface area contributed by atoms with Gasteiger partial charge in [0.15, 0.2) is 0 Å². The van der Waals surface area contributed by atoms with Crippen LogP contribution in [0.15, 0.2) is 12.5 Å². The van der Waals surface area contributed by atoms with Gasteiger partial charge in [-0.15, -0.1) is 0 Å². The SMILES string of the molecule is NCCCCC(N)C(=O)O.O=C(O)C(Cc1c[nH]cn1)NP(=O)(O)O. The van der Waals surface area contributed by atoms with Crippen molar-refractivity contribution in [3.05, 3.63) is 18.2 Å². The summed E-state index contributed by atoms with van der Waals surface area (Å²) in [5.74, 6) is -2.28. The lowest BCUT2D eigenvalue weighted by Gasteiger charge is -2.13. The molecule has 12 nitrogen and oxygen atoms in total. The van der Waals surface area contributed by atoms with Gasteiger partial charge in [0, 0.05) is 12.6 Å². The summed E-state index contributed by atoms with van der Waals surface area (Å²) >= 11 is 0. The number of hydrogen-bond acceptors (Lipinski definition) is 6. The molecule has 1 aromatic rings. The Kier molecular flexibility index (Phi) is 10.8. The number of nitrogens with one attached hydrogen (secondary N) is 2. The van der Waals surface area contributed by atoms with Crippen molar-refractivity contribution in [1.82, 2.24) is 15.1 Å². The van der Waals surface area contributed by atoms with Crippen molar-refractivity contribution in [3.8, 4) is 0 Å². The molecule has 0 bridgehead atoms. The highest BCUT2D eigenvalue weighted by molar-refractivity contribution is 7.49. The maximum atomic E-state index is 10.7. The summed E-state index contributed by atoms with van der Waals surface area (Å²) in [5, 5.41) is 18.7. The van der Waals surface area contributed by atoms with Gasteiger partial charge in [-0.1, -0.05) is 6.42 Å². The van der Waals surface area contributed by atoms with Gasteiger partial charge < -0.3 is 36.5 Å². The van der Waals surface area contributed by atoms with Crippen LogP contribution in [0.25, 0.3) is 0 Å². The van der Waals surface area contributed by atoms with E-state index in [1.165, 1.54) is 12.5 Å². The average Bonchev–Trinajstić information content (AvgIpc) is 2.99. The highest BCUT2D eigenvalue weighted by Gasteiger charge is 2.26. The lowest BCUT2D eigenvalue weighted by atomic mass is 10.1. The molecule has 2 atom stereocenters. The summed E-state index contributed by atoms with van der Waals surface area (Å²) in [7, 11) is -4.56. The Bertz CT molecular complexity index is 562. The molecule has 10 N–H and O–H groups in total. The number of imidazole rings is 1. The molecule has 0 aromatic carbocycles. The molecular formula is C12H24N5O7P. The molecule has 1 heterocycles. The van der Waals surface area contributed by atoms with Crippen molar-refractivity contribution in [3.63, 3.8) is 0 Å². The number of aliphatic carboxylic acids is 2. The van der Waals surface area contributed by atoms with Crippen molar-refractivity contribution in [2.75, 3.05) is 6.54 Å². The Labute approximate surface area is 143 Å². The molecule has 0 fully saturated rings. The lowest BCUT2D eigenvalue weighted by molar-refractivity contribution is -0.139. The van der Waals surface area contributed by atoms with Crippen molar-refractivity contribution < 1.29 is 34.2 Å². The Morgan fingerprint density at radius 3 is 2.32 bits per heavy atom. The minimum absolute atomic E-state index is 0.107. The number of carboxylic acid groups (broad SMARTS) is 2. The molecule has 0 aliphatic carbocycles. The van der Waals surface area contributed by atoms with Crippen LogP contribution in [0.1, 0.15) is 25.0 Å². The number of aromatic amines is 1. The van der Waals surface area contributed by atoms with Crippen LogP contribution in [0, 0.1) is 0 Å². The Hall–Kier alpha value is -1.82. The summed E-state index contributed by atoms with van der Waals surface area (Å²) in [5.41, 5.74) is 10.8. The highest BCUT2D eigenvalue weighted by Crippen LogP contribution is 2.29. The fourth-order valence-corrected chi connectivity index (χ4v) is 2.24. The van der Waals surface area contributed by atoms with Crippen LogP contribution in [0.5, 0.6) is 0 Å². The van der Waals surface area contributed by atoms with Crippen molar-refractivity contribution >= 4 is 19.7 Å². The molecule has 25 heavy (non-hydrogen) atoms. The molecule has 0 saturated carbocycles. The van der Waals surface area contributed by atoms with Gasteiger partial charge in [0.1, 0.15) is 12.1 Å². The van der Waals surface area contributed by atoms with E-state index in [9.17, 15) is 14.2 Å². The quantitative estimate of drug-likeness (QED) is 0.174. The van der Waals surface area contributed by atoms with E-state index in [0.29, 0.717) is 18.7 Å². The van der Waals surface area contributed by atoms with E-state index in [0.717, 1.165) is 12.8 Å². The van der Waals surface area contributed by atoms with Gasteiger partial charge in [0.25, 0.3) is 0 Å². The van der Waals surface area contributed by atoms with E-state index in [1.54, 1.807) is 5.09 Å². The predicted octanol–water partition coefficient (Wildman–Crippen LogP) is -1.38. The van der Waals surface area contributed by atoms with Crippen LogP contribution in [-0.2, 0) is 20.6 Å². The van der Waals surface area contributed by atoms with E-state index in [-0.39, 0.29) is 6.42 Å². The van der Waals surface area contributed by atoms with Crippen LogP contribution in [0.3, 0.4) is 0 Å². The number of hydrogen-bond donors (Lipinski definition) is 8. The maximum absolute atomic E-state index is 10.7. The fraction of sp³-hybridized carbons (Fsp3) is 0.583. The van der Waals surface area contributed by atoms with E-state index in [1.807, 2.05) is 0 Å². The zero-order valence-electron chi connectivity index (χ0n) is 13.4. The number of unbranched alkanes of at least 4 members (excludes halogenated alkanes) is 1. The van der Waals surface area contributed by atoms with Crippen molar-refractivity contribution in [2.45, 2.75) is 37.8 Å². The Morgan fingerprint density at radius 1 is 1.28 bits per heavy atom. The van der Waals surface area contributed by atoms with Crippen molar-refractivity contribution in [1.29, 1.82) is 0 Å². The molecule has 0 saturated heterocycles. The summed E-state index contributed by atoms with van der Waals surface area (Å²) in [4.78, 5) is 44.3. The number of rotatable bonds is 10. The Morgan fingerprint density at radius 2 is 1.92 bits per heavy atom. The first-order valence-electron chi connectivity index (χ1n) is 7.29. The topological polar surface area (TPSA) is 225 Å². The van der Waals surface area contributed by atoms with Gasteiger partial charge in [-0.05, 0) is 19.4 Å². The molecule has 0 aliphatic heterocycles. The second-order valence-electron chi connectivity index (χ2n) is 5.06. The van der Waals surface area contributed by atoms with Crippen LogP contribution in [0.4, 0.5) is 0 Å². The number of carboxylic acids is 2. The van der Waals surface area contributed by atoms with E-state index in [2.05, 4.69) is 9.97 Å². The molecular weight excluding hydrogens is 357 g/mol. The predicted molar refractivity (Wildman–Crippen MR) is 87.4 cm³/mol. The van der Waals surface area contributed by atoms with Crippen LogP contribution >= 0.6 is 7.75 Å². The fourth-order valence-electron chi connectivity index (χ4n) is 1.63. The monoisotopic (exact) mass is 381 g/mol. The summed E-state index contributed by atoms with van der Waals surface area (Å²) in [6.45, 7) is 0.604. The van der Waals surface area contributed by atoms with Gasteiger partial charge in [0.2, 0.25) is 0 Å². The summed E-state index contributed by atoms with van der Waals surface area (Å²) in [6.07, 6.45) is 4.87. The van der Waals surface area contributed by atoms with Crippen LogP contribution in [-0.4, -0.2) is 60.5 Å². The zero-order valence-corrected chi connectivity index (χ0v) is 14.3. The van der Waals surface area contributed by atoms with E-state index < -0.39 is 31.8 Å². The molecule has 0 radical (unpaired) electrons. The zero-order chi connectivity index (χ0) is 19.5. The number of aromatic nitrogens is 2. The molecule has 0 spiro atoms. The molecule has 144 valence electrons. The van der Waals surface area contributed by atoms with Crippen molar-refractivity contribution in [2.24, 2.45) is 11.5 Å². The highest BCUT2D eigenvalue weighted by atomic mass is 31.2. The van der Waals surface area contributed by atoms with Gasteiger partial charge in [0.05, 0.1) is 12.0 Å². The van der Waals surface area contributed by atoms with Gasteiger partial charge in [-0.3, -0.25) is 9.59 Å². The summed E-state index contributed by atoms with van der Waals surface area (Å²) in [6, 6.07) is -2.08. The molecule has 1 rings (SSSR count). The number of nitrogens with two attached hydrogens (primary N) is 2. The third-order valence-electron chi connectivity index (χ3n) is 2.88. The minimum Gasteiger partial charge on any atom is -0.480 e. The number of H-pyrrole nitrogens is 1. The number of carbonyl (C=O) groups is 2. The third-order valence-corrected chi connectivity index (χ3v) is 3.52. The van der Waals surface area contributed by atoms with Crippen LogP contribution < -0.4 is 16.6 Å². The lowest BCUT2D eigenvalue weighted by Crippen LogP contribution is -2.36. The maximum Gasteiger partial charge on any atom is 0.401 e. The minimum atomic E-state index is -4.56. The standard InChI is InChI=1S/C6H10N3O5P.C6H14N2O2/c10-6(11)5(9-15(12,13)14)1-4-2-7-3-8-4;7-4-2-1-3-5(8)6(9)10/h2-3,5H,1H2,(H,7,8)(H,10,11)(H3,9,12,13,14);5H,1-4,7-8H2,(H,9,10).